The lowest BCUT2D eigenvalue weighted by Gasteiger charge is -2.16. The van der Waals surface area contributed by atoms with Crippen LogP contribution >= 0.6 is 12.6 Å². The van der Waals surface area contributed by atoms with E-state index < -0.39 is 42.4 Å². The van der Waals surface area contributed by atoms with Gasteiger partial charge in [-0.2, -0.15) is 12.6 Å². The van der Waals surface area contributed by atoms with Gasteiger partial charge in [-0.15, -0.1) is 0 Å². The summed E-state index contributed by atoms with van der Waals surface area (Å²) in [6.07, 6.45) is -0.235. The van der Waals surface area contributed by atoms with Crippen molar-refractivity contribution in [2.24, 2.45) is 5.73 Å². The number of carboxylic acids is 2. The van der Waals surface area contributed by atoms with E-state index in [-0.39, 0.29) is 18.6 Å². The van der Waals surface area contributed by atoms with E-state index in [2.05, 4.69) is 96.1 Å². The zero-order chi connectivity index (χ0) is 27.7. The molecular formula is C28H29N3O6S. The molecule has 0 bridgehead atoms. The normalized spacial score (nSPS) is 12.3. The molecule has 0 saturated carbocycles. The average molecular weight is 536 g/mol. The van der Waals surface area contributed by atoms with Crippen molar-refractivity contribution in [2.75, 3.05) is 12.3 Å². The summed E-state index contributed by atoms with van der Waals surface area (Å²) in [7, 11) is 0. The number of carbonyl (C=O) groups excluding carboxylic acids is 2. The van der Waals surface area contributed by atoms with Gasteiger partial charge < -0.3 is 26.6 Å². The Kier molecular flexibility index (Phi) is 10.0. The lowest BCUT2D eigenvalue weighted by atomic mass is 9.97. The number of fused-ring (bicyclic) bond motifs is 5. The summed E-state index contributed by atoms with van der Waals surface area (Å²) in [4.78, 5) is 43.7. The molecule has 0 spiro atoms. The van der Waals surface area contributed by atoms with Crippen LogP contribution in [0.1, 0.15) is 12.8 Å². The number of thiol groups is 1. The maximum Gasteiger partial charge on any atom is 0.322 e. The van der Waals surface area contributed by atoms with E-state index in [9.17, 15) is 19.2 Å². The van der Waals surface area contributed by atoms with Crippen LogP contribution in [0.25, 0.3) is 32.3 Å². The van der Waals surface area contributed by atoms with E-state index in [1.807, 2.05) is 0 Å². The van der Waals surface area contributed by atoms with Gasteiger partial charge in [0.1, 0.15) is 18.6 Å². The zero-order valence-electron chi connectivity index (χ0n) is 20.5. The molecule has 4 rings (SSSR count). The minimum absolute atomic E-state index is 0.0256. The largest absolute Gasteiger partial charge is 0.480 e. The summed E-state index contributed by atoms with van der Waals surface area (Å²) in [5.41, 5.74) is 5.23. The summed E-state index contributed by atoms with van der Waals surface area (Å²) in [5, 5.41) is 29.3. The van der Waals surface area contributed by atoms with Gasteiger partial charge >= 0.3 is 11.9 Å². The van der Waals surface area contributed by atoms with Crippen LogP contribution in [0.2, 0.25) is 0 Å². The number of hydrogen-bond acceptors (Lipinski definition) is 6. The first kappa shape index (κ1) is 28.4. The SMILES string of the molecule is NC(CCC(=O)NC(CS)C(=O)NCC(=O)O)C(=O)O.c1ccc2c(c1)ccc1c3ccccc3ccc21. The smallest absolute Gasteiger partial charge is 0.322 e. The quantitative estimate of drug-likeness (QED) is 0.142. The van der Waals surface area contributed by atoms with Crippen molar-refractivity contribution in [3.8, 4) is 0 Å². The molecule has 0 aromatic heterocycles. The molecule has 0 aliphatic carbocycles. The Morgan fingerprint density at radius 3 is 1.79 bits per heavy atom. The van der Waals surface area contributed by atoms with Crippen molar-refractivity contribution in [1.29, 1.82) is 0 Å². The molecule has 4 aromatic rings. The van der Waals surface area contributed by atoms with E-state index in [1.165, 1.54) is 32.3 Å². The van der Waals surface area contributed by atoms with Crippen molar-refractivity contribution in [3.05, 3.63) is 72.8 Å². The molecule has 2 atom stereocenters. The van der Waals surface area contributed by atoms with Gasteiger partial charge in [-0.3, -0.25) is 19.2 Å². The number of benzene rings is 4. The van der Waals surface area contributed by atoms with Gasteiger partial charge in [0.25, 0.3) is 0 Å². The number of carbonyl (C=O) groups is 4. The van der Waals surface area contributed by atoms with Gasteiger partial charge in [-0.25, -0.2) is 0 Å². The number of amides is 2. The maximum absolute atomic E-state index is 11.5. The third-order valence-corrected chi connectivity index (χ3v) is 6.26. The first-order valence-electron chi connectivity index (χ1n) is 11.9. The van der Waals surface area contributed by atoms with Gasteiger partial charge in [0, 0.05) is 12.2 Å². The highest BCUT2D eigenvalue weighted by atomic mass is 32.1. The van der Waals surface area contributed by atoms with Gasteiger partial charge in [-0.1, -0.05) is 72.8 Å². The topological polar surface area (TPSA) is 159 Å². The van der Waals surface area contributed by atoms with Crippen molar-refractivity contribution >= 4 is 68.7 Å². The summed E-state index contributed by atoms with van der Waals surface area (Å²) in [5.74, 6) is -3.70. The highest BCUT2D eigenvalue weighted by Crippen LogP contribution is 2.30. The zero-order valence-corrected chi connectivity index (χ0v) is 21.4. The number of carboxylic acid groups (broad SMARTS) is 2. The molecule has 0 aliphatic rings. The second-order valence-corrected chi connectivity index (χ2v) is 8.93. The highest BCUT2D eigenvalue weighted by molar-refractivity contribution is 7.80. The molecular weight excluding hydrogens is 506 g/mol. The Hall–Kier alpha value is -4.15. The predicted molar refractivity (Wildman–Crippen MR) is 150 cm³/mol. The number of nitrogens with two attached hydrogens (primary N) is 1. The molecule has 0 aliphatic heterocycles. The first-order chi connectivity index (χ1) is 18.2. The Labute approximate surface area is 224 Å². The predicted octanol–water partition coefficient (Wildman–Crippen LogP) is 2.94. The maximum atomic E-state index is 11.5. The Morgan fingerprint density at radius 2 is 1.32 bits per heavy atom. The number of hydrogen-bond donors (Lipinski definition) is 6. The first-order valence-corrected chi connectivity index (χ1v) is 12.5. The second-order valence-electron chi connectivity index (χ2n) is 8.57. The summed E-state index contributed by atoms with van der Waals surface area (Å²) >= 11 is 3.87. The van der Waals surface area contributed by atoms with Gasteiger partial charge in [0.2, 0.25) is 11.8 Å². The van der Waals surface area contributed by atoms with Crippen LogP contribution in [-0.2, 0) is 19.2 Å². The van der Waals surface area contributed by atoms with Crippen LogP contribution in [0.3, 0.4) is 0 Å². The van der Waals surface area contributed by atoms with Crippen LogP contribution in [-0.4, -0.2) is 58.3 Å². The molecule has 0 fully saturated rings. The summed E-state index contributed by atoms with van der Waals surface area (Å²) < 4.78 is 0. The Balaban J connectivity index is 0.000000211. The summed E-state index contributed by atoms with van der Waals surface area (Å²) in [6.45, 7) is -0.567. The molecule has 2 unspecified atom stereocenters. The molecule has 198 valence electrons. The third-order valence-electron chi connectivity index (χ3n) is 5.90. The number of nitrogens with one attached hydrogen (secondary N) is 2. The monoisotopic (exact) mass is 535 g/mol. The van der Waals surface area contributed by atoms with Gasteiger partial charge in [0.15, 0.2) is 0 Å². The van der Waals surface area contributed by atoms with Crippen LogP contribution in [0.15, 0.2) is 72.8 Å². The minimum atomic E-state index is -1.22. The fraction of sp³-hybridized carbons (Fsp3) is 0.214. The Morgan fingerprint density at radius 1 is 0.789 bits per heavy atom. The molecule has 0 radical (unpaired) electrons. The van der Waals surface area contributed by atoms with Crippen molar-refractivity contribution in [1.82, 2.24) is 10.6 Å². The summed E-state index contributed by atoms with van der Waals surface area (Å²) in [6, 6.07) is 23.9. The Bertz CT molecular complexity index is 1400. The fourth-order valence-corrected chi connectivity index (χ4v) is 4.18. The third kappa shape index (κ3) is 7.44. The van der Waals surface area contributed by atoms with Crippen molar-refractivity contribution in [3.63, 3.8) is 0 Å². The number of aliphatic carboxylic acids is 2. The van der Waals surface area contributed by atoms with Crippen LogP contribution in [0.4, 0.5) is 0 Å². The molecule has 10 heteroatoms. The fourth-order valence-electron chi connectivity index (χ4n) is 3.93. The van der Waals surface area contributed by atoms with Crippen LogP contribution < -0.4 is 16.4 Å². The van der Waals surface area contributed by atoms with Crippen molar-refractivity contribution < 1.29 is 29.4 Å². The lowest BCUT2D eigenvalue weighted by Crippen LogP contribution is -2.49. The van der Waals surface area contributed by atoms with E-state index in [0.717, 1.165) is 0 Å². The van der Waals surface area contributed by atoms with Crippen LogP contribution in [0, 0.1) is 0 Å². The minimum Gasteiger partial charge on any atom is -0.480 e. The molecule has 4 aromatic carbocycles. The molecule has 0 saturated heterocycles. The van der Waals surface area contributed by atoms with E-state index in [0.29, 0.717) is 0 Å². The van der Waals surface area contributed by atoms with E-state index in [1.54, 1.807) is 0 Å². The molecule has 0 heterocycles. The molecule has 6 N–H and O–H groups in total. The molecule has 38 heavy (non-hydrogen) atoms. The van der Waals surface area contributed by atoms with Gasteiger partial charge in [-0.05, 0) is 38.7 Å². The standard InChI is InChI=1S/C18H12.C10H17N3O6S/c1-3-7-15-13(5-1)9-11-18-16-8-4-2-6-14(16)10-12-17(15)18;11-5(10(18)19)1-2-7(14)13-6(4-20)9(17)12-3-8(15)16/h1-12H;5-6,20H,1-4,11H2,(H,12,17)(H,13,14)(H,15,16)(H,18,19). The van der Waals surface area contributed by atoms with E-state index >= 15 is 0 Å². The van der Waals surface area contributed by atoms with E-state index in [4.69, 9.17) is 15.9 Å². The van der Waals surface area contributed by atoms with Crippen molar-refractivity contribution in [2.45, 2.75) is 24.9 Å². The second kappa shape index (κ2) is 13.4. The average Bonchev–Trinajstić information content (AvgIpc) is 2.93. The molecule has 2 amide bonds. The van der Waals surface area contributed by atoms with Gasteiger partial charge in [0.05, 0.1) is 0 Å². The highest BCUT2D eigenvalue weighted by Gasteiger charge is 2.21. The van der Waals surface area contributed by atoms with Crippen LogP contribution in [0.5, 0.6) is 0 Å². The lowest BCUT2D eigenvalue weighted by molar-refractivity contribution is -0.139. The number of rotatable bonds is 9. The molecule has 9 nitrogen and oxygen atoms in total.